The van der Waals surface area contributed by atoms with E-state index >= 15 is 0 Å². The third-order valence-corrected chi connectivity index (χ3v) is 4.62. The molecule has 124 valence electrons. The number of hydrogen-bond acceptors (Lipinski definition) is 3. The monoisotopic (exact) mass is 361 g/mol. The van der Waals surface area contributed by atoms with Gasteiger partial charge in [-0.05, 0) is 44.2 Å². The summed E-state index contributed by atoms with van der Waals surface area (Å²) in [6.07, 6.45) is 0. The Morgan fingerprint density at radius 3 is 2.38 bits per heavy atom. The summed E-state index contributed by atoms with van der Waals surface area (Å²) in [5.74, 6) is 0. The lowest BCUT2D eigenvalue weighted by molar-refractivity contribution is 0.563. The van der Waals surface area contributed by atoms with Crippen molar-refractivity contribution in [1.29, 1.82) is 0 Å². The zero-order valence-electron chi connectivity index (χ0n) is 13.5. The van der Waals surface area contributed by atoms with Crippen molar-refractivity contribution in [1.82, 2.24) is 0 Å². The van der Waals surface area contributed by atoms with Crippen LogP contribution >= 0.6 is 23.2 Å². The summed E-state index contributed by atoms with van der Waals surface area (Å²) in [4.78, 5) is 14.6. The van der Waals surface area contributed by atoms with Gasteiger partial charge in [-0.3, -0.25) is 0 Å². The van der Waals surface area contributed by atoms with Gasteiger partial charge in [-0.1, -0.05) is 29.3 Å². The van der Waals surface area contributed by atoms with Gasteiger partial charge in [0.05, 0.1) is 10.6 Å². The lowest BCUT2D eigenvalue weighted by atomic mass is 10.1. The molecule has 0 aliphatic heterocycles. The highest BCUT2D eigenvalue weighted by Crippen LogP contribution is 2.31. The van der Waals surface area contributed by atoms with Crippen molar-refractivity contribution in [2.45, 2.75) is 13.8 Å². The molecule has 0 amide bonds. The first-order valence-electron chi connectivity index (χ1n) is 7.81. The van der Waals surface area contributed by atoms with Crippen molar-refractivity contribution in [2.24, 2.45) is 0 Å². The number of nitrogens with zero attached hydrogens (tertiary/aromatic N) is 1. The van der Waals surface area contributed by atoms with Crippen LogP contribution in [0.2, 0.25) is 10.0 Å². The van der Waals surface area contributed by atoms with Crippen LogP contribution in [0.5, 0.6) is 0 Å². The molecule has 1 aromatic heterocycles. The van der Waals surface area contributed by atoms with Crippen LogP contribution < -0.4 is 10.5 Å². The van der Waals surface area contributed by atoms with Crippen LogP contribution in [0, 0.1) is 0 Å². The minimum absolute atomic E-state index is 0.414. The SMILES string of the molecule is CCN(CC)c1ccc2cc(-c3ccc(Cl)cc3Cl)c(=O)oc2c1. The first-order chi connectivity index (χ1) is 11.5. The molecule has 0 bridgehead atoms. The van der Waals surface area contributed by atoms with Gasteiger partial charge in [-0.15, -0.1) is 0 Å². The molecule has 0 fully saturated rings. The molecular weight excluding hydrogens is 345 g/mol. The number of halogens is 2. The zero-order valence-corrected chi connectivity index (χ0v) is 15.0. The fourth-order valence-corrected chi connectivity index (χ4v) is 3.29. The second kappa shape index (κ2) is 6.88. The molecule has 0 radical (unpaired) electrons. The fraction of sp³-hybridized carbons (Fsp3) is 0.211. The molecule has 3 nitrogen and oxygen atoms in total. The average molecular weight is 362 g/mol. The average Bonchev–Trinajstić information content (AvgIpc) is 2.56. The van der Waals surface area contributed by atoms with E-state index in [2.05, 4.69) is 18.7 Å². The van der Waals surface area contributed by atoms with E-state index in [-0.39, 0.29) is 0 Å². The Labute approximate surface area is 150 Å². The summed E-state index contributed by atoms with van der Waals surface area (Å²) in [6.45, 7) is 5.97. The van der Waals surface area contributed by atoms with E-state index in [1.54, 1.807) is 18.2 Å². The third kappa shape index (κ3) is 3.14. The molecule has 0 atom stereocenters. The van der Waals surface area contributed by atoms with E-state index < -0.39 is 5.63 Å². The van der Waals surface area contributed by atoms with Crippen LogP contribution in [0.15, 0.2) is 51.7 Å². The highest BCUT2D eigenvalue weighted by molar-refractivity contribution is 6.36. The molecule has 0 unspecified atom stereocenters. The first kappa shape index (κ1) is 16.9. The highest BCUT2D eigenvalue weighted by Gasteiger charge is 2.12. The Kier molecular flexibility index (Phi) is 4.83. The van der Waals surface area contributed by atoms with Crippen LogP contribution in [0.4, 0.5) is 5.69 Å². The van der Waals surface area contributed by atoms with E-state index in [1.807, 2.05) is 24.3 Å². The summed E-state index contributed by atoms with van der Waals surface area (Å²) < 4.78 is 5.54. The topological polar surface area (TPSA) is 33.5 Å². The van der Waals surface area contributed by atoms with Crippen molar-refractivity contribution in [3.05, 3.63) is 62.9 Å². The van der Waals surface area contributed by atoms with Gasteiger partial charge < -0.3 is 9.32 Å². The van der Waals surface area contributed by atoms with Gasteiger partial charge in [0.15, 0.2) is 0 Å². The quantitative estimate of drug-likeness (QED) is 0.566. The second-order valence-corrected chi connectivity index (χ2v) is 6.31. The van der Waals surface area contributed by atoms with Crippen LogP contribution in [-0.2, 0) is 0 Å². The van der Waals surface area contributed by atoms with E-state index in [9.17, 15) is 4.79 Å². The Bertz CT molecular complexity index is 946. The molecule has 0 aliphatic carbocycles. The largest absolute Gasteiger partial charge is 0.422 e. The second-order valence-electron chi connectivity index (χ2n) is 5.47. The molecule has 2 aromatic carbocycles. The molecule has 1 heterocycles. The minimum atomic E-state index is -0.414. The van der Waals surface area contributed by atoms with Crippen LogP contribution in [-0.4, -0.2) is 13.1 Å². The van der Waals surface area contributed by atoms with Gasteiger partial charge in [-0.2, -0.15) is 0 Å². The first-order valence-corrected chi connectivity index (χ1v) is 8.57. The van der Waals surface area contributed by atoms with Gasteiger partial charge in [0.1, 0.15) is 5.58 Å². The van der Waals surface area contributed by atoms with Crippen molar-refractivity contribution >= 4 is 39.9 Å². The predicted octanol–water partition coefficient (Wildman–Crippen LogP) is 5.61. The van der Waals surface area contributed by atoms with E-state index in [0.29, 0.717) is 26.8 Å². The van der Waals surface area contributed by atoms with E-state index in [0.717, 1.165) is 24.2 Å². The fourth-order valence-electron chi connectivity index (χ4n) is 2.78. The van der Waals surface area contributed by atoms with Crippen LogP contribution in [0.25, 0.3) is 22.1 Å². The lowest BCUT2D eigenvalue weighted by Crippen LogP contribution is -2.21. The Morgan fingerprint density at radius 1 is 0.958 bits per heavy atom. The zero-order chi connectivity index (χ0) is 17.3. The maximum atomic E-state index is 12.4. The Hall–Kier alpha value is -1.97. The Balaban J connectivity index is 2.14. The summed E-state index contributed by atoms with van der Waals surface area (Å²) in [5, 5.41) is 1.80. The van der Waals surface area contributed by atoms with Crippen LogP contribution in [0.3, 0.4) is 0 Å². The van der Waals surface area contributed by atoms with Crippen molar-refractivity contribution in [3.63, 3.8) is 0 Å². The van der Waals surface area contributed by atoms with Gasteiger partial charge in [0, 0.05) is 40.8 Å². The molecular formula is C19H17Cl2NO2. The smallest absolute Gasteiger partial charge is 0.344 e. The maximum Gasteiger partial charge on any atom is 0.344 e. The van der Waals surface area contributed by atoms with Crippen molar-refractivity contribution in [3.8, 4) is 11.1 Å². The Morgan fingerprint density at radius 2 is 1.71 bits per heavy atom. The van der Waals surface area contributed by atoms with Crippen molar-refractivity contribution < 1.29 is 4.42 Å². The number of anilines is 1. The molecule has 0 N–H and O–H groups in total. The number of hydrogen-bond donors (Lipinski definition) is 0. The van der Waals surface area contributed by atoms with Gasteiger partial charge in [0.25, 0.3) is 0 Å². The van der Waals surface area contributed by atoms with E-state index in [1.165, 1.54) is 0 Å². The molecule has 0 saturated carbocycles. The van der Waals surface area contributed by atoms with Crippen molar-refractivity contribution in [2.75, 3.05) is 18.0 Å². The van der Waals surface area contributed by atoms with Gasteiger partial charge >= 0.3 is 5.63 Å². The number of benzene rings is 2. The molecule has 0 spiro atoms. The summed E-state index contributed by atoms with van der Waals surface area (Å²) in [5.41, 5.74) is 2.24. The highest BCUT2D eigenvalue weighted by atomic mass is 35.5. The summed E-state index contributed by atoms with van der Waals surface area (Å²) >= 11 is 12.1. The normalized spacial score (nSPS) is 11.0. The minimum Gasteiger partial charge on any atom is -0.422 e. The molecule has 0 aliphatic rings. The summed E-state index contributed by atoms with van der Waals surface area (Å²) in [7, 11) is 0. The third-order valence-electron chi connectivity index (χ3n) is 4.07. The van der Waals surface area contributed by atoms with E-state index in [4.69, 9.17) is 27.6 Å². The summed E-state index contributed by atoms with van der Waals surface area (Å²) in [6, 6.07) is 12.7. The van der Waals surface area contributed by atoms with Gasteiger partial charge in [-0.25, -0.2) is 4.79 Å². The van der Waals surface area contributed by atoms with Gasteiger partial charge in [0.2, 0.25) is 0 Å². The number of fused-ring (bicyclic) bond motifs is 1. The number of rotatable bonds is 4. The molecule has 24 heavy (non-hydrogen) atoms. The molecule has 0 saturated heterocycles. The lowest BCUT2D eigenvalue weighted by Gasteiger charge is -2.21. The molecule has 5 heteroatoms. The standard InChI is InChI=1S/C19H17Cl2NO2/c1-3-22(4-2)14-7-5-12-9-16(19(23)24-18(12)11-14)15-8-6-13(20)10-17(15)21/h5-11H,3-4H2,1-2H3. The molecule has 3 rings (SSSR count). The van der Waals surface area contributed by atoms with Crippen LogP contribution in [0.1, 0.15) is 13.8 Å². The molecule has 3 aromatic rings. The predicted molar refractivity (Wildman–Crippen MR) is 102 cm³/mol. The maximum absolute atomic E-state index is 12.4.